The monoisotopic (exact) mass is 448 g/mol. The normalized spacial score (nSPS) is 12.0. The number of hydrogen-bond acceptors (Lipinski definition) is 4. The molecule has 144 valence electrons. The maximum Gasteiger partial charge on any atom is 0.343 e. The second-order valence-corrected chi connectivity index (χ2v) is 7.66. The molecule has 1 atom stereocenters. The number of ketones is 1. The van der Waals surface area contributed by atoms with Gasteiger partial charge < -0.3 is 9.52 Å². The maximum absolute atomic E-state index is 13.0. The standard InChI is InChI=1S/C24H17BrO4/c25-17-12-10-16(11-13-17)20(26)14-19(15-6-2-1-3-7-15)22-23(27)18-8-4-5-9-21(18)29-24(22)28/h1-13,19,27H,14H2. The summed E-state index contributed by atoms with van der Waals surface area (Å²) >= 11 is 3.36. The lowest BCUT2D eigenvalue weighted by atomic mass is 9.85. The summed E-state index contributed by atoms with van der Waals surface area (Å²) in [6.45, 7) is 0. The largest absolute Gasteiger partial charge is 0.507 e. The minimum absolute atomic E-state index is 0.0301. The molecule has 0 aliphatic rings. The minimum atomic E-state index is -0.640. The fraction of sp³-hybridized carbons (Fsp3) is 0.0833. The molecule has 0 fully saturated rings. The first-order chi connectivity index (χ1) is 14.0. The predicted molar refractivity (Wildman–Crippen MR) is 116 cm³/mol. The molecule has 0 saturated heterocycles. The van der Waals surface area contributed by atoms with Gasteiger partial charge in [0, 0.05) is 22.4 Å². The molecule has 0 aliphatic heterocycles. The van der Waals surface area contributed by atoms with Gasteiger partial charge in [0.2, 0.25) is 0 Å². The van der Waals surface area contributed by atoms with Crippen molar-refractivity contribution in [1.29, 1.82) is 0 Å². The molecule has 0 saturated carbocycles. The van der Waals surface area contributed by atoms with E-state index >= 15 is 0 Å². The van der Waals surface area contributed by atoms with Crippen molar-refractivity contribution in [2.24, 2.45) is 0 Å². The van der Waals surface area contributed by atoms with E-state index in [0.717, 1.165) is 10.0 Å². The lowest BCUT2D eigenvalue weighted by Crippen LogP contribution is -2.17. The van der Waals surface area contributed by atoms with E-state index in [2.05, 4.69) is 15.9 Å². The average molecular weight is 449 g/mol. The molecule has 1 unspecified atom stereocenters. The molecule has 3 aromatic carbocycles. The van der Waals surface area contributed by atoms with Gasteiger partial charge in [0.25, 0.3) is 0 Å². The van der Waals surface area contributed by atoms with Crippen LogP contribution in [0.4, 0.5) is 0 Å². The summed E-state index contributed by atoms with van der Waals surface area (Å²) in [6.07, 6.45) is 0.0301. The van der Waals surface area contributed by atoms with Crippen molar-refractivity contribution in [1.82, 2.24) is 0 Å². The molecule has 0 amide bonds. The molecule has 4 rings (SSSR count). The van der Waals surface area contributed by atoms with E-state index in [1.807, 2.05) is 30.3 Å². The second-order valence-electron chi connectivity index (χ2n) is 6.75. The Morgan fingerprint density at radius 2 is 1.59 bits per heavy atom. The first-order valence-corrected chi connectivity index (χ1v) is 9.92. The number of aromatic hydroxyl groups is 1. The number of benzene rings is 3. The fourth-order valence-corrected chi connectivity index (χ4v) is 3.73. The molecular formula is C24H17BrO4. The molecule has 0 spiro atoms. The lowest BCUT2D eigenvalue weighted by Gasteiger charge is -2.18. The number of carbonyl (C=O) groups excluding carboxylic acids is 1. The van der Waals surface area contributed by atoms with Gasteiger partial charge in [0.1, 0.15) is 11.3 Å². The fourth-order valence-electron chi connectivity index (χ4n) is 3.47. The van der Waals surface area contributed by atoms with Gasteiger partial charge in [-0.1, -0.05) is 70.5 Å². The highest BCUT2D eigenvalue weighted by Gasteiger charge is 2.27. The number of fused-ring (bicyclic) bond motifs is 1. The number of rotatable bonds is 5. The predicted octanol–water partition coefficient (Wildman–Crippen LogP) is 5.67. The average Bonchev–Trinajstić information content (AvgIpc) is 2.74. The molecule has 1 aromatic heterocycles. The Hall–Kier alpha value is -3.18. The van der Waals surface area contributed by atoms with Gasteiger partial charge in [-0.2, -0.15) is 0 Å². The number of para-hydroxylation sites is 1. The van der Waals surface area contributed by atoms with Crippen molar-refractivity contribution in [2.75, 3.05) is 0 Å². The van der Waals surface area contributed by atoms with E-state index in [4.69, 9.17) is 4.42 Å². The van der Waals surface area contributed by atoms with Crippen LogP contribution in [0, 0.1) is 0 Å². The van der Waals surface area contributed by atoms with Gasteiger partial charge in [0.05, 0.1) is 10.9 Å². The number of hydrogen-bond donors (Lipinski definition) is 1. The van der Waals surface area contributed by atoms with Gasteiger partial charge >= 0.3 is 5.63 Å². The van der Waals surface area contributed by atoms with Crippen LogP contribution in [0.25, 0.3) is 11.0 Å². The first kappa shape index (κ1) is 19.2. The Kier molecular flexibility index (Phi) is 5.32. The van der Waals surface area contributed by atoms with E-state index in [-0.39, 0.29) is 23.5 Å². The van der Waals surface area contributed by atoms with Crippen molar-refractivity contribution in [2.45, 2.75) is 12.3 Å². The van der Waals surface area contributed by atoms with Crippen molar-refractivity contribution in [3.05, 3.63) is 110 Å². The van der Waals surface area contributed by atoms with E-state index in [9.17, 15) is 14.7 Å². The summed E-state index contributed by atoms with van der Waals surface area (Å²) in [5.41, 5.74) is 1.07. The Morgan fingerprint density at radius 1 is 0.931 bits per heavy atom. The third kappa shape index (κ3) is 3.87. The van der Waals surface area contributed by atoms with Crippen LogP contribution in [0.15, 0.2) is 92.5 Å². The van der Waals surface area contributed by atoms with Crippen molar-refractivity contribution in [3.8, 4) is 5.75 Å². The van der Waals surface area contributed by atoms with Gasteiger partial charge in [-0.25, -0.2) is 4.79 Å². The summed E-state index contributed by atoms with van der Waals surface area (Å²) < 4.78 is 6.32. The summed E-state index contributed by atoms with van der Waals surface area (Å²) in [6, 6.07) is 23.1. The Labute approximate surface area is 175 Å². The topological polar surface area (TPSA) is 67.5 Å². The zero-order valence-electron chi connectivity index (χ0n) is 15.3. The van der Waals surface area contributed by atoms with Gasteiger partial charge in [0.15, 0.2) is 5.78 Å². The van der Waals surface area contributed by atoms with Crippen LogP contribution in [0.3, 0.4) is 0 Å². The molecule has 1 N–H and O–H groups in total. The molecule has 4 nitrogen and oxygen atoms in total. The summed E-state index contributed by atoms with van der Waals surface area (Å²) in [4.78, 5) is 25.8. The van der Waals surface area contributed by atoms with E-state index in [0.29, 0.717) is 16.5 Å². The van der Waals surface area contributed by atoms with E-state index in [1.54, 1.807) is 48.5 Å². The van der Waals surface area contributed by atoms with Crippen LogP contribution in [0.5, 0.6) is 5.75 Å². The summed E-state index contributed by atoms with van der Waals surface area (Å²) in [7, 11) is 0. The quantitative estimate of drug-likeness (QED) is 0.315. The van der Waals surface area contributed by atoms with E-state index in [1.165, 1.54) is 0 Å². The molecule has 5 heteroatoms. The minimum Gasteiger partial charge on any atom is -0.507 e. The smallest absolute Gasteiger partial charge is 0.343 e. The zero-order chi connectivity index (χ0) is 20.4. The molecular weight excluding hydrogens is 432 g/mol. The maximum atomic E-state index is 13.0. The SMILES string of the molecule is O=C(CC(c1ccccc1)c1c(O)c2ccccc2oc1=O)c1ccc(Br)cc1. The highest BCUT2D eigenvalue weighted by atomic mass is 79.9. The van der Waals surface area contributed by atoms with Crippen LogP contribution < -0.4 is 5.63 Å². The lowest BCUT2D eigenvalue weighted by molar-refractivity contribution is 0.0977. The number of Topliss-reactive ketones (excluding diaryl/α,β-unsaturated/α-hetero) is 1. The molecule has 0 aliphatic carbocycles. The van der Waals surface area contributed by atoms with Crippen molar-refractivity contribution < 1.29 is 14.3 Å². The molecule has 4 aromatic rings. The van der Waals surface area contributed by atoms with Crippen LogP contribution in [-0.4, -0.2) is 10.9 Å². The molecule has 1 heterocycles. The highest BCUT2D eigenvalue weighted by molar-refractivity contribution is 9.10. The van der Waals surface area contributed by atoms with Crippen LogP contribution in [-0.2, 0) is 0 Å². The summed E-state index contributed by atoms with van der Waals surface area (Å²) in [5, 5.41) is 11.3. The second kappa shape index (κ2) is 8.05. The van der Waals surface area contributed by atoms with Crippen LogP contribution in [0.2, 0.25) is 0 Å². The molecule has 29 heavy (non-hydrogen) atoms. The van der Waals surface area contributed by atoms with Gasteiger partial charge in [-0.3, -0.25) is 4.79 Å². The van der Waals surface area contributed by atoms with Gasteiger partial charge in [-0.15, -0.1) is 0 Å². The number of halogens is 1. The van der Waals surface area contributed by atoms with Gasteiger partial charge in [-0.05, 0) is 29.8 Å². The first-order valence-electron chi connectivity index (χ1n) is 9.13. The third-order valence-corrected chi connectivity index (χ3v) is 5.45. The summed E-state index contributed by atoms with van der Waals surface area (Å²) in [5.74, 6) is -0.902. The molecule has 0 radical (unpaired) electrons. The van der Waals surface area contributed by atoms with E-state index < -0.39 is 11.5 Å². The van der Waals surface area contributed by atoms with Crippen LogP contribution in [0.1, 0.15) is 33.8 Å². The Bertz CT molecular complexity index is 1230. The van der Waals surface area contributed by atoms with Crippen LogP contribution >= 0.6 is 15.9 Å². The highest BCUT2D eigenvalue weighted by Crippen LogP contribution is 2.36. The number of carbonyl (C=O) groups is 1. The third-order valence-electron chi connectivity index (χ3n) is 4.93. The van der Waals surface area contributed by atoms with Crippen molar-refractivity contribution >= 4 is 32.7 Å². The van der Waals surface area contributed by atoms with Crippen molar-refractivity contribution in [3.63, 3.8) is 0 Å². The Morgan fingerprint density at radius 3 is 2.31 bits per heavy atom. The molecule has 0 bridgehead atoms. The zero-order valence-corrected chi connectivity index (χ0v) is 16.9. The Balaban J connectivity index is 1.84.